The molecule has 0 N–H and O–H groups in total. The van der Waals surface area contributed by atoms with Crippen LogP contribution in [0, 0.1) is 11.3 Å². The molecule has 0 bridgehead atoms. The molecule has 0 aliphatic heterocycles. The first-order valence-electron chi connectivity index (χ1n) is 5.91. The fraction of sp³-hybridized carbons (Fsp3) is 0.500. The van der Waals surface area contributed by atoms with Crippen LogP contribution in [0.4, 0.5) is 0 Å². The van der Waals surface area contributed by atoms with Crippen molar-refractivity contribution in [3.63, 3.8) is 0 Å². The van der Waals surface area contributed by atoms with Crippen LogP contribution < -0.4 is 4.74 Å². The van der Waals surface area contributed by atoms with Crippen molar-refractivity contribution in [2.24, 2.45) is 0 Å². The standard InChI is InChI=1S/C14H17NO/c1-16-14-8-7-11-5-3-2-4-6-12(11)13(14)9-10-15/h7-8H,2-6,9H2,1H3. The highest BCUT2D eigenvalue weighted by Gasteiger charge is 2.15. The minimum Gasteiger partial charge on any atom is -0.496 e. The first-order chi connectivity index (χ1) is 7.86. The van der Waals surface area contributed by atoms with Gasteiger partial charge in [0.05, 0.1) is 19.6 Å². The summed E-state index contributed by atoms with van der Waals surface area (Å²) in [5, 5.41) is 8.91. The molecule has 0 aromatic heterocycles. The van der Waals surface area contributed by atoms with Crippen LogP contribution in [0.5, 0.6) is 5.75 Å². The Kier molecular flexibility index (Phi) is 3.46. The molecule has 1 aliphatic carbocycles. The molecular formula is C14H17NO. The minimum absolute atomic E-state index is 0.465. The number of ether oxygens (including phenoxy) is 1. The first-order valence-corrected chi connectivity index (χ1v) is 5.91. The Balaban J connectivity index is 2.48. The number of fused-ring (bicyclic) bond motifs is 1. The Bertz CT molecular complexity index is 417. The smallest absolute Gasteiger partial charge is 0.123 e. The van der Waals surface area contributed by atoms with Crippen LogP contribution in [0.1, 0.15) is 36.0 Å². The maximum atomic E-state index is 8.91. The third-order valence-corrected chi connectivity index (χ3v) is 3.33. The van der Waals surface area contributed by atoms with Gasteiger partial charge < -0.3 is 4.74 Å². The summed E-state index contributed by atoms with van der Waals surface area (Å²) >= 11 is 0. The highest BCUT2D eigenvalue weighted by Crippen LogP contribution is 2.30. The van der Waals surface area contributed by atoms with E-state index in [-0.39, 0.29) is 0 Å². The zero-order valence-electron chi connectivity index (χ0n) is 9.75. The topological polar surface area (TPSA) is 33.0 Å². The van der Waals surface area contributed by atoms with E-state index in [2.05, 4.69) is 12.1 Å². The van der Waals surface area contributed by atoms with Crippen LogP contribution in [0.25, 0.3) is 0 Å². The molecule has 0 atom stereocenters. The van der Waals surface area contributed by atoms with Crippen molar-refractivity contribution in [2.75, 3.05) is 7.11 Å². The fourth-order valence-corrected chi connectivity index (χ4v) is 2.52. The quantitative estimate of drug-likeness (QED) is 0.710. The molecule has 0 heterocycles. The summed E-state index contributed by atoms with van der Waals surface area (Å²) in [5.41, 5.74) is 3.91. The van der Waals surface area contributed by atoms with Gasteiger partial charge in [0.15, 0.2) is 0 Å². The van der Waals surface area contributed by atoms with Gasteiger partial charge in [0.2, 0.25) is 0 Å². The van der Waals surface area contributed by atoms with Gasteiger partial charge >= 0.3 is 0 Å². The van der Waals surface area contributed by atoms with Crippen molar-refractivity contribution in [1.29, 1.82) is 5.26 Å². The maximum absolute atomic E-state index is 8.91. The lowest BCUT2D eigenvalue weighted by Gasteiger charge is -2.14. The molecule has 16 heavy (non-hydrogen) atoms. The van der Waals surface area contributed by atoms with Crippen LogP contribution >= 0.6 is 0 Å². The van der Waals surface area contributed by atoms with E-state index in [1.54, 1.807) is 7.11 Å². The third-order valence-electron chi connectivity index (χ3n) is 3.33. The summed E-state index contributed by atoms with van der Waals surface area (Å²) in [7, 11) is 1.68. The zero-order valence-corrected chi connectivity index (χ0v) is 9.75. The normalized spacial score (nSPS) is 14.8. The largest absolute Gasteiger partial charge is 0.496 e. The minimum atomic E-state index is 0.465. The zero-order chi connectivity index (χ0) is 11.4. The summed E-state index contributed by atoms with van der Waals surface area (Å²) in [4.78, 5) is 0. The number of methoxy groups -OCH3 is 1. The number of hydrogen-bond acceptors (Lipinski definition) is 2. The summed E-state index contributed by atoms with van der Waals surface area (Å²) in [5.74, 6) is 0.877. The van der Waals surface area contributed by atoms with Gasteiger partial charge in [-0.15, -0.1) is 0 Å². The molecule has 1 aromatic carbocycles. The molecule has 0 saturated heterocycles. The Labute approximate surface area is 96.9 Å². The van der Waals surface area contributed by atoms with Crippen molar-refractivity contribution in [1.82, 2.24) is 0 Å². The van der Waals surface area contributed by atoms with Crippen molar-refractivity contribution in [3.8, 4) is 11.8 Å². The lowest BCUT2D eigenvalue weighted by Crippen LogP contribution is -2.01. The monoisotopic (exact) mass is 215 g/mol. The molecule has 2 heteroatoms. The number of nitriles is 1. The molecule has 0 saturated carbocycles. The molecule has 84 valence electrons. The van der Waals surface area contributed by atoms with E-state index in [0.717, 1.165) is 24.2 Å². The van der Waals surface area contributed by atoms with E-state index in [1.165, 1.54) is 30.4 Å². The maximum Gasteiger partial charge on any atom is 0.123 e. The Morgan fingerprint density at radius 1 is 1.25 bits per heavy atom. The average molecular weight is 215 g/mol. The van der Waals surface area contributed by atoms with Crippen LogP contribution in [-0.4, -0.2) is 7.11 Å². The Hall–Kier alpha value is -1.49. The van der Waals surface area contributed by atoms with E-state index >= 15 is 0 Å². The Morgan fingerprint density at radius 3 is 2.81 bits per heavy atom. The second-order valence-corrected chi connectivity index (χ2v) is 4.28. The fourth-order valence-electron chi connectivity index (χ4n) is 2.52. The van der Waals surface area contributed by atoms with Crippen LogP contribution in [0.2, 0.25) is 0 Å². The molecule has 1 aromatic rings. The van der Waals surface area contributed by atoms with E-state index in [9.17, 15) is 0 Å². The van der Waals surface area contributed by atoms with Gasteiger partial charge in [-0.05, 0) is 42.9 Å². The van der Waals surface area contributed by atoms with Gasteiger partial charge in [-0.1, -0.05) is 12.5 Å². The van der Waals surface area contributed by atoms with Crippen molar-refractivity contribution in [2.45, 2.75) is 38.5 Å². The second-order valence-electron chi connectivity index (χ2n) is 4.28. The van der Waals surface area contributed by atoms with E-state index in [4.69, 9.17) is 10.00 Å². The number of rotatable bonds is 2. The van der Waals surface area contributed by atoms with Crippen LogP contribution in [-0.2, 0) is 19.3 Å². The average Bonchev–Trinajstić information content (AvgIpc) is 2.55. The van der Waals surface area contributed by atoms with Crippen LogP contribution in [0.3, 0.4) is 0 Å². The van der Waals surface area contributed by atoms with Crippen molar-refractivity contribution in [3.05, 3.63) is 28.8 Å². The SMILES string of the molecule is COc1ccc2c(c1CC#N)CCCCC2. The summed E-state index contributed by atoms with van der Waals surface area (Å²) in [6.45, 7) is 0. The van der Waals surface area contributed by atoms with Crippen molar-refractivity contribution >= 4 is 0 Å². The Morgan fingerprint density at radius 2 is 2.06 bits per heavy atom. The highest BCUT2D eigenvalue weighted by atomic mass is 16.5. The molecule has 2 nitrogen and oxygen atoms in total. The summed E-state index contributed by atoms with van der Waals surface area (Å²) < 4.78 is 5.35. The summed E-state index contributed by atoms with van der Waals surface area (Å²) in [6.07, 6.45) is 6.51. The van der Waals surface area contributed by atoms with Gasteiger partial charge in [-0.2, -0.15) is 5.26 Å². The number of hydrogen-bond donors (Lipinski definition) is 0. The lowest BCUT2D eigenvalue weighted by molar-refractivity contribution is 0.410. The molecule has 0 amide bonds. The first kappa shape index (κ1) is 11.0. The van der Waals surface area contributed by atoms with Gasteiger partial charge in [0, 0.05) is 5.56 Å². The molecule has 0 fully saturated rings. The van der Waals surface area contributed by atoms with Gasteiger partial charge in [-0.25, -0.2) is 0 Å². The van der Waals surface area contributed by atoms with E-state index in [1.807, 2.05) is 6.07 Å². The predicted molar refractivity (Wildman–Crippen MR) is 63.6 cm³/mol. The molecule has 0 unspecified atom stereocenters. The number of aryl methyl sites for hydroxylation is 1. The van der Waals surface area contributed by atoms with E-state index < -0.39 is 0 Å². The third kappa shape index (κ3) is 2.04. The van der Waals surface area contributed by atoms with Crippen LogP contribution in [0.15, 0.2) is 12.1 Å². The van der Waals surface area contributed by atoms with Crippen molar-refractivity contribution < 1.29 is 4.74 Å². The molecule has 0 radical (unpaired) electrons. The lowest BCUT2D eigenvalue weighted by atomic mass is 9.94. The number of nitrogens with zero attached hydrogens (tertiary/aromatic N) is 1. The van der Waals surface area contributed by atoms with E-state index in [0.29, 0.717) is 6.42 Å². The highest BCUT2D eigenvalue weighted by molar-refractivity contribution is 5.47. The van der Waals surface area contributed by atoms with Gasteiger partial charge in [-0.3, -0.25) is 0 Å². The van der Waals surface area contributed by atoms with Gasteiger partial charge in [0.1, 0.15) is 5.75 Å². The molecule has 1 aliphatic rings. The second kappa shape index (κ2) is 5.03. The molecule has 0 spiro atoms. The van der Waals surface area contributed by atoms with Gasteiger partial charge in [0.25, 0.3) is 0 Å². The summed E-state index contributed by atoms with van der Waals surface area (Å²) in [6, 6.07) is 6.43. The molecular weight excluding hydrogens is 198 g/mol. The molecule has 2 rings (SSSR count). The predicted octanol–water partition coefficient (Wildman–Crippen LogP) is 3.03. The number of benzene rings is 1.